The molecule has 1 unspecified atom stereocenters. The van der Waals surface area contributed by atoms with E-state index in [1.807, 2.05) is 6.20 Å². The van der Waals surface area contributed by atoms with Gasteiger partial charge >= 0.3 is 0 Å². The fourth-order valence-electron chi connectivity index (χ4n) is 3.55. The van der Waals surface area contributed by atoms with Crippen LogP contribution in [0.25, 0.3) is 0 Å². The molecule has 0 bridgehead atoms. The van der Waals surface area contributed by atoms with Gasteiger partial charge in [-0.2, -0.15) is 0 Å². The molecule has 2 aliphatic rings. The van der Waals surface area contributed by atoms with Gasteiger partial charge in [0.15, 0.2) is 0 Å². The first-order valence-electron chi connectivity index (χ1n) is 8.19. The number of nitrogens with one attached hydrogen (secondary N) is 1. The van der Waals surface area contributed by atoms with Gasteiger partial charge < -0.3 is 10.2 Å². The summed E-state index contributed by atoms with van der Waals surface area (Å²) in [5, 5.41) is 3.53. The van der Waals surface area contributed by atoms with Crippen LogP contribution in [0.4, 0.5) is 5.82 Å². The van der Waals surface area contributed by atoms with E-state index in [1.165, 1.54) is 44.6 Å². The van der Waals surface area contributed by atoms with Gasteiger partial charge in [0.05, 0.1) is 0 Å². The number of anilines is 1. The molecule has 2 saturated heterocycles. The number of halogens is 1. The zero-order valence-corrected chi connectivity index (χ0v) is 14.8. The van der Waals surface area contributed by atoms with Gasteiger partial charge in [-0.05, 0) is 56.8 Å². The Balaban J connectivity index is 0.00000176. The van der Waals surface area contributed by atoms with Crippen molar-refractivity contribution in [3.63, 3.8) is 0 Å². The van der Waals surface area contributed by atoms with Crippen LogP contribution >= 0.6 is 12.4 Å². The lowest BCUT2D eigenvalue weighted by Crippen LogP contribution is -2.29. The summed E-state index contributed by atoms with van der Waals surface area (Å²) in [7, 11) is 2.10. The molecule has 2 fully saturated rings. The molecule has 4 nitrogen and oxygen atoms in total. The number of hydrogen-bond acceptors (Lipinski definition) is 4. The van der Waals surface area contributed by atoms with Crippen molar-refractivity contribution in [3.05, 3.63) is 23.9 Å². The molecule has 124 valence electrons. The standard InChI is InChI=1S/C17H28N4.ClH/c1-14(2)20(3)16-5-4-15(10-19-16)11-21-9-7-17(13-21)6-8-18-12-17;/h4-5,10,14,18H,6-9,11-13H2,1-3H3;1H. The minimum absolute atomic E-state index is 0. The molecule has 0 aliphatic carbocycles. The van der Waals surface area contributed by atoms with E-state index in [-0.39, 0.29) is 12.4 Å². The highest BCUT2D eigenvalue weighted by Gasteiger charge is 2.39. The number of nitrogens with zero attached hydrogens (tertiary/aromatic N) is 3. The van der Waals surface area contributed by atoms with Gasteiger partial charge in [0.2, 0.25) is 0 Å². The normalized spacial score (nSPS) is 24.9. The summed E-state index contributed by atoms with van der Waals surface area (Å²) in [6.07, 6.45) is 4.74. The van der Waals surface area contributed by atoms with Crippen molar-refractivity contribution in [2.45, 2.75) is 39.3 Å². The Morgan fingerprint density at radius 3 is 2.77 bits per heavy atom. The lowest BCUT2D eigenvalue weighted by molar-refractivity contribution is 0.268. The topological polar surface area (TPSA) is 31.4 Å². The summed E-state index contributed by atoms with van der Waals surface area (Å²) in [6, 6.07) is 4.87. The maximum Gasteiger partial charge on any atom is 0.128 e. The van der Waals surface area contributed by atoms with Gasteiger partial charge in [-0.1, -0.05) is 6.07 Å². The Bertz CT molecular complexity index is 468. The highest BCUT2D eigenvalue weighted by Crippen LogP contribution is 2.36. The van der Waals surface area contributed by atoms with Crippen LogP contribution in [-0.2, 0) is 6.54 Å². The highest BCUT2D eigenvalue weighted by molar-refractivity contribution is 5.85. The summed E-state index contributed by atoms with van der Waals surface area (Å²) < 4.78 is 0. The summed E-state index contributed by atoms with van der Waals surface area (Å²) in [6.45, 7) is 10.3. The number of hydrogen-bond donors (Lipinski definition) is 1. The van der Waals surface area contributed by atoms with Gasteiger partial charge in [-0.3, -0.25) is 4.90 Å². The Morgan fingerprint density at radius 1 is 1.36 bits per heavy atom. The molecule has 0 saturated carbocycles. The molecule has 5 heteroatoms. The number of pyridine rings is 1. The molecule has 1 spiro atoms. The van der Waals surface area contributed by atoms with Crippen LogP contribution in [0.2, 0.25) is 0 Å². The van der Waals surface area contributed by atoms with Crippen molar-refractivity contribution in [3.8, 4) is 0 Å². The van der Waals surface area contributed by atoms with Gasteiger partial charge in [0.25, 0.3) is 0 Å². The van der Waals surface area contributed by atoms with E-state index >= 15 is 0 Å². The average Bonchev–Trinajstić information content (AvgIpc) is 3.09. The van der Waals surface area contributed by atoms with Crippen LogP contribution in [-0.4, -0.2) is 49.2 Å². The van der Waals surface area contributed by atoms with E-state index < -0.39 is 0 Å². The third-order valence-corrected chi connectivity index (χ3v) is 5.20. The second kappa shape index (κ2) is 7.16. The van der Waals surface area contributed by atoms with Gasteiger partial charge in [0.1, 0.15) is 5.82 Å². The van der Waals surface area contributed by atoms with Crippen LogP contribution in [0.1, 0.15) is 32.3 Å². The first-order valence-corrected chi connectivity index (χ1v) is 8.19. The van der Waals surface area contributed by atoms with Crippen LogP contribution in [0.5, 0.6) is 0 Å². The zero-order chi connectivity index (χ0) is 14.9. The van der Waals surface area contributed by atoms with E-state index in [1.54, 1.807) is 0 Å². The summed E-state index contributed by atoms with van der Waals surface area (Å²) in [4.78, 5) is 9.42. The fourth-order valence-corrected chi connectivity index (χ4v) is 3.55. The first kappa shape index (κ1) is 17.5. The molecule has 3 heterocycles. The van der Waals surface area contributed by atoms with Crippen molar-refractivity contribution in [2.75, 3.05) is 38.1 Å². The second-order valence-corrected chi connectivity index (χ2v) is 7.12. The molecule has 1 aromatic heterocycles. The van der Waals surface area contributed by atoms with Crippen molar-refractivity contribution < 1.29 is 0 Å². The van der Waals surface area contributed by atoms with Crippen LogP contribution in [0, 0.1) is 5.41 Å². The molecular weight excluding hydrogens is 296 g/mol. The first-order chi connectivity index (χ1) is 10.1. The van der Waals surface area contributed by atoms with Gasteiger partial charge in [-0.25, -0.2) is 4.98 Å². The van der Waals surface area contributed by atoms with Gasteiger partial charge in [0, 0.05) is 38.9 Å². The molecule has 1 aromatic rings. The van der Waals surface area contributed by atoms with Crippen LogP contribution < -0.4 is 10.2 Å². The highest BCUT2D eigenvalue weighted by atomic mass is 35.5. The minimum Gasteiger partial charge on any atom is -0.357 e. The maximum atomic E-state index is 4.62. The predicted octanol–water partition coefficient (Wildman–Crippen LogP) is 2.53. The van der Waals surface area contributed by atoms with E-state index in [4.69, 9.17) is 0 Å². The van der Waals surface area contributed by atoms with E-state index in [0.29, 0.717) is 11.5 Å². The molecule has 0 amide bonds. The van der Waals surface area contributed by atoms with Crippen LogP contribution in [0.3, 0.4) is 0 Å². The molecule has 22 heavy (non-hydrogen) atoms. The van der Waals surface area contributed by atoms with E-state index in [9.17, 15) is 0 Å². The lowest BCUT2D eigenvalue weighted by atomic mass is 9.87. The van der Waals surface area contributed by atoms with Gasteiger partial charge in [-0.15, -0.1) is 12.4 Å². The Labute approximate surface area is 140 Å². The summed E-state index contributed by atoms with van der Waals surface area (Å²) in [5.41, 5.74) is 1.89. The smallest absolute Gasteiger partial charge is 0.128 e. The van der Waals surface area contributed by atoms with Crippen LogP contribution in [0.15, 0.2) is 18.3 Å². The minimum atomic E-state index is 0. The Morgan fingerprint density at radius 2 is 2.18 bits per heavy atom. The Kier molecular flexibility index (Phi) is 5.70. The monoisotopic (exact) mass is 324 g/mol. The van der Waals surface area contributed by atoms with E-state index in [2.05, 4.69) is 53.1 Å². The zero-order valence-electron chi connectivity index (χ0n) is 14.0. The van der Waals surface area contributed by atoms with Crippen molar-refractivity contribution in [2.24, 2.45) is 5.41 Å². The Hall–Kier alpha value is -0.840. The van der Waals surface area contributed by atoms with Crippen molar-refractivity contribution in [1.82, 2.24) is 15.2 Å². The predicted molar refractivity (Wildman–Crippen MR) is 94.8 cm³/mol. The lowest BCUT2D eigenvalue weighted by Gasteiger charge is -2.24. The number of aromatic nitrogens is 1. The fraction of sp³-hybridized carbons (Fsp3) is 0.706. The largest absolute Gasteiger partial charge is 0.357 e. The summed E-state index contributed by atoms with van der Waals surface area (Å²) in [5.74, 6) is 1.06. The molecule has 2 aliphatic heterocycles. The maximum absolute atomic E-state index is 4.62. The molecule has 1 N–H and O–H groups in total. The molecular formula is C17H29ClN4. The quantitative estimate of drug-likeness (QED) is 0.922. The SMILES string of the molecule is CC(C)N(C)c1ccc(CN2CCC3(CCNC3)C2)cn1.Cl. The molecule has 1 atom stereocenters. The molecule has 3 rings (SSSR count). The number of rotatable bonds is 4. The van der Waals surface area contributed by atoms with Crippen molar-refractivity contribution >= 4 is 18.2 Å². The molecule has 0 radical (unpaired) electrons. The summed E-state index contributed by atoms with van der Waals surface area (Å²) >= 11 is 0. The average molecular weight is 325 g/mol. The third-order valence-electron chi connectivity index (χ3n) is 5.20. The van der Waals surface area contributed by atoms with E-state index in [0.717, 1.165) is 12.4 Å². The molecule has 0 aromatic carbocycles. The van der Waals surface area contributed by atoms with Crippen molar-refractivity contribution in [1.29, 1.82) is 0 Å². The second-order valence-electron chi connectivity index (χ2n) is 7.12. The third kappa shape index (κ3) is 3.73. The number of likely N-dealkylation sites (tertiary alicyclic amines) is 1.